The van der Waals surface area contributed by atoms with E-state index in [1.165, 1.54) is 0 Å². The van der Waals surface area contributed by atoms with Crippen molar-refractivity contribution in [3.63, 3.8) is 0 Å². The van der Waals surface area contributed by atoms with Crippen molar-refractivity contribution in [1.82, 2.24) is 5.32 Å². The maximum absolute atomic E-state index is 5.72. The highest BCUT2D eigenvalue weighted by Gasteiger charge is 2.24. The van der Waals surface area contributed by atoms with Crippen molar-refractivity contribution in [2.24, 2.45) is 0 Å². The zero-order valence-corrected chi connectivity index (χ0v) is 9.83. The number of hydrogen-bond donors (Lipinski definition) is 1. The van der Waals surface area contributed by atoms with Crippen LogP contribution in [0.5, 0.6) is 0 Å². The molecule has 0 saturated carbocycles. The van der Waals surface area contributed by atoms with Crippen LogP contribution < -0.4 is 5.32 Å². The van der Waals surface area contributed by atoms with Crippen LogP contribution in [-0.2, 0) is 14.2 Å². The number of rotatable bonds is 7. The highest BCUT2D eigenvalue weighted by Crippen LogP contribution is 2.10. The number of nitrogens with one attached hydrogen (secondary N) is 1. The molecule has 0 aromatic heterocycles. The predicted molar refractivity (Wildman–Crippen MR) is 59.1 cm³/mol. The fraction of sp³-hybridized carbons (Fsp3) is 1.00. The first-order valence-electron chi connectivity index (χ1n) is 5.82. The van der Waals surface area contributed by atoms with Crippen molar-refractivity contribution in [3.05, 3.63) is 0 Å². The second-order valence-electron chi connectivity index (χ2n) is 3.78. The van der Waals surface area contributed by atoms with Crippen molar-refractivity contribution in [3.8, 4) is 0 Å². The van der Waals surface area contributed by atoms with Crippen molar-refractivity contribution >= 4 is 0 Å². The molecule has 0 bridgehead atoms. The summed E-state index contributed by atoms with van der Waals surface area (Å²) in [5, 5.41) is 3.26. The van der Waals surface area contributed by atoms with E-state index in [1.54, 1.807) is 0 Å². The Bertz CT molecular complexity index is 155. The molecule has 1 N–H and O–H groups in total. The molecular formula is C11H23NO3. The molecule has 15 heavy (non-hydrogen) atoms. The van der Waals surface area contributed by atoms with Gasteiger partial charge in [-0.2, -0.15) is 0 Å². The summed E-state index contributed by atoms with van der Waals surface area (Å²) in [4.78, 5) is 0. The summed E-state index contributed by atoms with van der Waals surface area (Å²) >= 11 is 0. The van der Waals surface area contributed by atoms with Crippen LogP contribution in [0.1, 0.15) is 19.8 Å². The summed E-state index contributed by atoms with van der Waals surface area (Å²) in [6.45, 7) is 5.79. The van der Waals surface area contributed by atoms with Gasteiger partial charge in [-0.05, 0) is 19.9 Å². The van der Waals surface area contributed by atoms with Crippen molar-refractivity contribution in [1.29, 1.82) is 0 Å². The molecule has 1 aliphatic rings. The molecule has 0 aromatic rings. The SMILES string of the molecule is CCCOCCOC1COCCC1NC. The summed E-state index contributed by atoms with van der Waals surface area (Å²) in [5.74, 6) is 0. The highest BCUT2D eigenvalue weighted by atomic mass is 16.6. The van der Waals surface area contributed by atoms with Crippen LogP contribution in [0, 0.1) is 0 Å². The molecule has 2 atom stereocenters. The standard InChI is InChI=1S/C11H23NO3/c1-3-5-13-7-8-15-11-9-14-6-4-10(11)12-2/h10-12H,3-9H2,1-2H3. The molecule has 0 radical (unpaired) electrons. The van der Waals surface area contributed by atoms with Crippen LogP contribution >= 0.6 is 0 Å². The predicted octanol–water partition coefficient (Wildman–Crippen LogP) is 0.807. The Labute approximate surface area is 92.3 Å². The molecule has 2 unspecified atom stereocenters. The highest BCUT2D eigenvalue weighted by molar-refractivity contribution is 4.78. The van der Waals surface area contributed by atoms with Gasteiger partial charge >= 0.3 is 0 Å². The molecule has 0 spiro atoms. The lowest BCUT2D eigenvalue weighted by molar-refractivity contribution is -0.0798. The summed E-state index contributed by atoms with van der Waals surface area (Å²) in [7, 11) is 1.97. The van der Waals surface area contributed by atoms with Crippen LogP contribution in [0.15, 0.2) is 0 Å². The number of ether oxygens (including phenoxy) is 3. The van der Waals surface area contributed by atoms with Crippen molar-refractivity contribution in [2.45, 2.75) is 31.9 Å². The molecule has 0 amide bonds. The van der Waals surface area contributed by atoms with Gasteiger partial charge in [0.25, 0.3) is 0 Å². The van der Waals surface area contributed by atoms with E-state index < -0.39 is 0 Å². The smallest absolute Gasteiger partial charge is 0.0962 e. The van der Waals surface area contributed by atoms with E-state index in [1.807, 2.05) is 7.05 Å². The van der Waals surface area contributed by atoms with E-state index in [0.717, 1.165) is 26.1 Å². The van der Waals surface area contributed by atoms with Gasteiger partial charge in [-0.1, -0.05) is 6.92 Å². The lowest BCUT2D eigenvalue weighted by Gasteiger charge is -2.31. The molecule has 4 nitrogen and oxygen atoms in total. The van der Waals surface area contributed by atoms with Gasteiger partial charge in [-0.25, -0.2) is 0 Å². The van der Waals surface area contributed by atoms with E-state index in [0.29, 0.717) is 25.9 Å². The van der Waals surface area contributed by atoms with E-state index in [9.17, 15) is 0 Å². The molecule has 4 heteroatoms. The Morgan fingerprint density at radius 3 is 2.93 bits per heavy atom. The van der Waals surface area contributed by atoms with Gasteiger partial charge in [0.2, 0.25) is 0 Å². The molecule has 0 aromatic carbocycles. The Kier molecular flexibility index (Phi) is 6.92. The summed E-state index contributed by atoms with van der Waals surface area (Å²) in [5.41, 5.74) is 0. The minimum atomic E-state index is 0.175. The third kappa shape index (κ3) is 4.93. The van der Waals surface area contributed by atoms with Gasteiger partial charge in [-0.3, -0.25) is 0 Å². The molecular weight excluding hydrogens is 194 g/mol. The molecule has 1 fully saturated rings. The largest absolute Gasteiger partial charge is 0.379 e. The van der Waals surface area contributed by atoms with Gasteiger partial charge in [-0.15, -0.1) is 0 Å². The minimum Gasteiger partial charge on any atom is -0.379 e. The Morgan fingerprint density at radius 2 is 2.20 bits per heavy atom. The van der Waals surface area contributed by atoms with Gasteiger partial charge < -0.3 is 19.5 Å². The van der Waals surface area contributed by atoms with Gasteiger partial charge in [0, 0.05) is 19.3 Å². The zero-order valence-electron chi connectivity index (χ0n) is 9.83. The Morgan fingerprint density at radius 1 is 1.33 bits per heavy atom. The quantitative estimate of drug-likeness (QED) is 0.641. The van der Waals surface area contributed by atoms with Crippen LogP contribution in [-0.4, -0.2) is 52.2 Å². The summed E-state index contributed by atoms with van der Waals surface area (Å²) in [6, 6.07) is 0.421. The van der Waals surface area contributed by atoms with Crippen LogP contribution in [0.25, 0.3) is 0 Å². The fourth-order valence-corrected chi connectivity index (χ4v) is 1.71. The average molecular weight is 217 g/mol. The lowest BCUT2D eigenvalue weighted by Crippen LogP contribution is -2.46. The Balaban J connectivity index is 2.07. The van der Waals surface area contributed by atoms with Gasteiger partial charge in [0.1, 0.15) is 0 Å². The third-order valence-corrected chi connectivity index (χ3v) is 2.58. The number of likely N-dealkylation sites (N-methyl/N-ethyl adjacent to an activating group) is 1. The maximum Gasteiger partial charge on any atom is 0.0962 e. The molecule has 1 saturated heterocycles. The van der Waals surface area contributed by atoms with Gasteiger partial charge in [0.05, 0.1) is 25.9 Å². The van der Waals surface area contributed by atoms with Crippen LogP contribution in [0.4, 0.5) is 0 Å². The molecule has 90 valence electrons. The van der Waals surface area contributed by atoms with Crippen molar-refractivity contribution < 1.29 is 14.2 Å². The maximum atomic E-state index is 5.72. The molecule has 1 rings (SSSR count). The van der Waals surface area contributed by atoms with Crippen molar-refractivity contribution in [2.75, 3.05) is 40.1 Å². The molecule has 1 heterocycles. The minimum absolute atomic E-state index is 0.175. The first-order chi connectivity index (χ1) is 7.38. The summed E-state index contributed by atoms with van der Waals surface area (Å²) in [6.07, 6.45) is 2.26. The number of hydrogen-bond acceptors (Lipinski definition) is 4. The summed E-state index contributed by atoms with van der Waals surface area (Å²) < 4.78 is 16.5. The van der Waals surface area contributed by atoms with E-state index in [4.69, 9.17) is 14.2 Å². The normalized spacial score (nSPS) is 26.8. The fourth-order valence-electron chi connectivity index (χ4n) is 1.71. The first-order valence-corrected chi connectivity index (χ1v) is 5.82. The zero-order chi connectivity index (χ0) is 10.9. The molecule has 1 aliphatic heterocycles. The second kappa shape index (κ2) is 8.05. The first kappa shape index (κ1) is 12.9. The van der Waals surface area contributed by atoms with Gasteiger partial charge in [0.15, 0.2) is 0 Å². The average Bonchev–Trinajstić information content (AvgIpc) is 2.29. The van der Waals surface area contributed by atoms with Crippen LogP contribution in [0.3, 0.4) is 0 Å². The van der Waals surface area contributed by atoms with Crippen LogP contribution in [0.2, 0.25) is 0 Å². The lowest BCUT2D eigenvalue weighted by atomic mass is 10.1. The Hall–Kier alpha value is -0.160. The van der Waals surface area contributed by atoms with E-state index >= 15 is 0 Å². The van der Waals surface area contributed by atoms with E-state index in [-0.39, 0.29) is 6.10 Å². The second-order valence-corrected chi connectivity index (χ2v) is 3.78. The monoisotopic (exact) mass is 217 g/mol. The third-order valence-electron chi connectivity index (χ3n) is 2.58. The van der Waals surface area contributed by atoms with E-state index in [2.05, 4.69) is 12.2 Å². The topological polar surface area (TPSA) is 39.7 Å². The molecule has 0 aliphatic carbocycles.